The summed E-state index contributed by atoms with van der Waals surface area (Å²) >= 11 is 1.60. The van der Waals surface area contributed by atoms with E-state index in [0.29, 0.717) is 65.5 Å². The lowest BCUT2D eigenvalue weighted by atomic mass is 9.85. The van der Waals surface area contributed by atoms with Crippen molar-refractivity contribution in [1.29, 1.82) is 0 Å². The van der Waals surface area contributed by atoms with Crippen molar-refractivity contribution in [2.24, 2.45) is 11.1 Å². The summed E-state index contributed by atoms with van der Waals surface area (Å²) in [5, 5.41) is 5.87. The van der Waals surface area contributed by atoms with Crippen LogP contribution in [0.15, 0.2) is 29.8 Å². The summed E-state index contributed by atoms with van der Waals surface area (Å²) in [4.78, 5) is 46.7. The number of hydrogen-bond acceptors (Lipinski definition) is 9. The van der Waals surface area contributed by atoms with Gasteiger partial charge in [-0.15, -0.1) is 11.3 Å². The predicted molar refractivity (Wildman–Crippen MR) is 171 cm³/mol. The van der Waals surface area contributed by atoms with Gasteiger partial charge in [-0.2, -0.15) is 0 Å². The second-order valence-corrected chi connectivity index (χ2v) is 12.9. The highest BCUT2D eigenvalue weighted by Gasteiger charge is 2.41. The molecule has 0 aliphatic carbocycles. The zero-order valence-corrected chi connectivity index (χ0v) is 27.4. The Morgan fingerprint density at radius 2 is 1.70 bits per heavy atom. The lowest BCUT2D eigenvalue weighted by Crippen LogP contribution is -2.58. The van der Waals surface area contributed by atoms with Gasteiger partial charge in [0.1, 0.15) is 18.7 Å². The molecule has 0 bridgehead atoms. The largest absolute Gasteiger partial charge is 0.381 e. The Balaban J connectivity index is 1.43. The third kappa shape index (κ3) is 11.2. The standard InChI is InChI=1S/C32H49N5O6S/c1-23-28(44-22-35-23)25-11-9-24(10-12-25)20-34-30(39)26-8-5-14-37(26)31(40)29(32(2,3)4)36-27(38)21-43-18-7-16-41-15-6-17-42-19-13-33/h9-12,22,26,29H,5-8,13-21,33H2,1-4H3,(H,34,39)(H,36,38). The molecular formula is C32H49N5O6S. The second kappa shape index (κ2) is 18.2. The minimum absolute atomic E-state index is 0.155. The molecule has 44 heavy (non-hydrogen) atoms. The Bertz CT molecular complexity index is 1180. The first-order valence-electron chi connectivity index (χ1n) is 15.4. The number of ether oxygens (including phenoxy) is 3. The number of hydrogen-bond donors (Lipinski definition) is 3. The van der Waals surface area contributed by atoms with Crippen molar-refractivity contribution in [2.45, 2.75) is 72.0 Å². The summed E-state index contributed by atoms with van der Waals surface area (Å²) in [6, 6.07) is 6.68. The lowest BCUT2D eigenvalue weighted by Gasteiger charge is -2.35. The molecule has 1 aromatic heterocycles. The van der Waals surface area contributed by atoms with Gasteiger partial charge in [-0.25, -0.2) is 4.98 Å². The Morgan fingerprint density at radius 3 is 2.32 bits per heavy atom. The van der Waals surface area contributed by atoms with Crippen LogP contribution in [0.2, 0.25) is 0 Å². The fourth-order valence-electron chi connectivity index (χ4n) is 4.96. The molecule has 2 heterocycles. The van der Waals surface area contributed by atoms with Crippen LogP contribution in [0, 0.1) is 12.3 Å². The highest BCUT2D eigenvalue weighted by atomic mass is 32.1. The van der Waals surface area contributed by atoms with Gasteiger partial charge in [-0.3, -0.25) is 14.4 Å². The van der Waals surface area contributed by atoms with Crippen LogP contribution in [0.4, 0.5) is 0 Å². The molecule has 0 saturated carbocycles. The van der Waals surface area contributed by atoms with Gasteiger partial charge in [0.25, 0.3) is 0 Å². The number of benzene rings is 1. The Labute approximate surface area is 265 Å². The van der Waals surface area contributed by atoms with Crippen molar-refractivity contribution in [2.75, 3.05) is 52.7 Å². The minimum atomic E-state index is -0.792. The normalized spacial score (nSPS) is 15.8. The molecule has 1 saturated heterocycles. The summed E-state index contributed by atoms with van der Waals surface area (Å²) in [6.45, 7) is 11.5. The highest BCUT2D eigenvalue weighted by Crippen LogP contribution is 2.28. The number of thiazole rings is 1. The van der Waals surface area contributed by atoms with Crippen molar-refractivity contribution < 1.29 is 28.6 Å². The van der Waals surface area contributed by atoms with E-state index in [4.69, 9.17) is 19.9 Å². The summed E-state index contributed by atoms with van der Waals surface area (Å²) in [6.07, 6.45) is 2.76. The van der Waals surface area contributed by atoms with Gasteiger partial charge in [0, 0.05) is 46.1 Å². The number of carbonyl (C=O) groups excluding carboxylic acids is 3. The third-order valence-electron chi connectivity index (χ3n) is 7.34. The minimum Gasteiger partial charge on any atom is -0.381 e. The molecule has 11 nitrogen and oxygen atoms in total. The van der Waals surface area contributed by atoms with Crippen LogP contribution in [-0.4, -0.2) is 92.4 Å². The van der Waals surface area contributed by atoms with Gasteiger partial charge >= 0.3 is 0 Å². The van der Waals surface area contributed by atoms with E-state index in [1.165, 1.54) is 0 Å². The summed E-state index contributed by atoms with van der Waals surface area (Å²) in [5.74, 6) is -0.809. The van der Waals surface area contributed by atoms with Crippen LogP contribution in [0.1, 0.15) is 57.7 Å². The average molecular weight is 632 g/mol. The maximum absolute atomic E-state index is 13.7. The molecule has 3 rings (SSSR count). The number of aryl methyl sites for hydroxylation is 1. The molecule has 1 aliphatic rings. The van der Waals surface area contributed by atoms with Crippen molar-refractivity contribution >= 4 is 29.1 Å². The van der Waals surface area contributed by atoms with E-state index in [9.17, 15) is 14.4 Å². The van der Waals surface area contributed by atoms with E-state index >= 15 is 0 Å². The number of nitrogens with two attached hydrogens (primary N) is 1. The van der Waals surface area contributed by atoms with Gasteiger partial charge in [0.05, 0.1) is 22.7 Å². The zero-order chi connectivity index (χ0) is 32.0. The monoisotopic (exact) mass is 631 g/mol. The molecule has 244 valence electrons. The molecule has 1 aromatic carbocycles. The maximum atomic E-state index is 13.7. The molecule has 0 spiro atoms. The van der Waals surface area contributed by atoms with Gasteiger partial charge in [-0.1, -0.05) is 45.0 Å². The maximum Gasteiger partial charge on any atom is 0.246 e. The quantitative estimate of drug-likeness (QED) is 0.213. The molecular weight excluding hydrogens is 582 g/mol. The van der Waals surface area contributed by atoms with Crippen LogP contribution in [-0.2, 0) is 35.1 Å². The number of aromatic nitrogens is 1. The van der Waals surface area contributed by atoms with Gasteiger partial charge in [0.2, 0.25) is 17.7 Å². The first-order valence-corrected chi connectivity index (χ1v) is 16.3. The Hall–Kier alpha value is -2.90. The fraction of sp³-hybridized carbons (Fsp3) is 0.625. The topological polar surface area (TPSA) is 145 Å². The van der Waals surface area contributed by atoms with Crippen LogP contribution < -0.4 is 16.4 Å². The molecule has 1 aliphatic heterocycles. The molecule has 2 unspecified atom stereocenters. The van der Waals surface area contributed by atoms with Gasteiger partial charge in [-0.05, 0) is 49.1 Å². The molecule has 1 fully saturated rings. The van der Waals surface area contributed by atoms with Gasteiger partial charge in [0.15, 0.2) is 0 Å². The number of nitrogens with zero attached hydrogens (tertiary/aromatic N) is 2. The number of carbonyl (C=O) groups is 3. The van der Waals surface area contributed by atoms with Crippen LogP contribution in [0.25, 0.3) is 10.4 Å². The zero-order valence-electron chi connectivity index (χ0n) is 26.6. The highest BCUT2D eigenvalue weighted by molar-refractivity contribution is 7.13. The first-order chi connectivity index (χ1) is 21.1. The number of amides is 3. The Morgan fingerprint density at radius 1 is 1.05 bits per heavy atom. The van der Waals surface area contributed by atoms with E-state index in [1.54, 1.807) is 16.2 Å². The van der Waals surface area contributed by atoms with E-state index in [-0.39, 0.29) is 24.3 Å². The second-order valence-electron chi connectivity index (χ2n) is 12.0. The predicted octanol–water partition coefficient (Wildman–Crippen LogP) is 3.05. The number of rotatable bonds is 18. The van der Waals surface area contributed by atoms with Crippen LogP contribution in [0.3, 0.4) is 0 Å². The lowest BCUT2D eigenvalue weighted by molar-refractivity contribution is -0.144. The SMILES string of the molecule is Cc1ncsc1-c1ccc(CNC(=O)C2CCCN2C(=O)C(NC(=O)COCCCOCCCOCCN)C(C)(C)C)cc1. The number of nitrogens with one attached hydrogen (secondary N) is 2. The van der Waals surface area contributed by atoms with Crippen molar-refractivity contribution in [3.8, 4) is 10.4 Å². The van der Waals surface area contributed by atoms with E-state index in [2.05, 4.69) is 15.6 Å². The van der Waals surface area contributed by atoms with Crippen LogP contribution in [0.5, 0.6) is 0 Å². The Kier molecular flexibility index (Phi) is 14.7. The molecule has 4 N–H and O–H groups in total. The molecule has 12 heteroatoms. The van der Waals surface area contributed by atoms with E-state index in [0.717, 1.165) is 34.5 Å². The summed E-state index contributed by atoms with van der Waals surface area (Å²) in [5.41, 5.74) is 9.72. The average Bonchev–Trinajstić information content (AvgIpc) is 3.66. The van der Waals surface area contributed by atoms with E-state index in [1.807, 2.05) is 57.5 Å². The van der Waals surface area contributed by atoms with Crippen molar-refractivity contribution in [1.82, 2.24) is 20.5 Å². The van der Waals surface area contributed by atoms with Crippen LogP contribution >= 0.6 is 11.3 Å². The fourth-order valence-corrected chi connectivity index (χ4v) is 5.77. The molecule has 2 atom stereocenters. The summed E-state index contributed by atoms with van der Waals surface area (Å²) in [7, 11) is 0. The molecule has 3 amide bonds. The smallest absolute Gasteiger partial charge is 0.246 e. The first kappa shape index (κ1) is 35.6. The third-order valence-corrected chi connectivity index (χ3v) is 8.31. The molecule has 2 aromatic rings. The van der Waals surface area contributed by atoms with Crippen molar-refractivity contribution in [3.63, 3.8) is 0 Å². The van der Waals surface area contributed by atoms with Gasteiger partial charge < -0.3 is 35.5 Å². The molecule has 0 radical (unpaired) electrons. The summed E-state index contributed by atoms with van der Waals surface area (Å²) < 4.78 is 16.4. The van der Waals surface area contributed by atoms with E-state index < -0.39 is 17.5 Å². The number of likely N-dealkylation sites (tertiary alicyclic amines) is 1. The van der Waals surface area contributed by atoms with Crippen molar-refractivity contribution in [3.05, 3.63) is 41.0 Å².